The van der Waals surface area contributed by atoms with E-state index in [4.69, 9.17) is 5.11 Å². The number of hydrogen-bond donors (Lipinski definition) is 5. The fraction of sp³-hybridized carbons (Fsp3) is 0.542. The first-order chi connectivity index (χ1) is 16.2. The van der Waals surface area contributed by atoms with Crippen molar-refractivity contribution < 1.29 is 29.3 Å². The molecule has 1 atom stereocenters. The van der Waals surface area contributed by atoms with Crippen LogP contribution in [0.1, 0.15) is 68.3 Å². The van der Waals surface area contributed by atoms with Crippen LogP contribution in [0, 0.1) is 5.82 Å². The number of anilines is 1. The molecule has 5 N–H and O–H groups in total. The zero-order chi connectivity index (χ0) is 24.8. The zero-order valence-electron chi connectivity index (χ0n) is 19.2. The van der Waals surface area contributed by atoms with E-state index >= 15 is 4.39 Å². The summed E-state index contributed by atoms with van der Waals surface area (Å²) in [5.74, 6) is -2.37. The molecule has 10 heteroatoms. The summed E-state index contributed by atoms with van der Waals surface area (Å²) in [7, 11) is 0. The molecule has 1 aromatic heterocycles. The van der Waals surface area contributed by atoms with Gasteiger partial charge in [-0.2, -0.15) is 0 Å². The lowest BCUT2D eigenvalue weighted by atomic mass is 9.95. The van der Waals surface area contributed by atoms with E-state index in [1.54, 1.807) is 6.92 Å². The third kappa shape index (κ3) is 5.92. The maximum atomic E-state index is 15.0. The first kappa shape index (κ1) is 25.6. The predicted octanol–water partition coefficient (Wildman–Crippen LogP) is 2.39. The molecule has 2 aromatic rings. The van der Waals surface area contributed by atoms with E-state index < -0.39 is 48.4 Å². The number of aliphatic hydroxyl groups excluding tert-OH is 2. The van der Waals surface area contributed by atoms with Crippen molar-refractivity contribution >= 4 is 28.5 Å². The summed E-state index contributed by atoms with van der Waals surface area (Å²) in [5.41, 5.74) is -0.462. The summed E-state index contributed by atoms with van der Waals surface area (Å²) in [6, 6.07) is 1.31. The van der Waals surface area contributed by atoms with Crippen molar-refractivity contribution in [3.8, 4) is 0 Å². The lowest BCUT2D eigenvalue weighted by Gasteiger charge is -2.25. The Bertz CT molecular complexity index is 1090. The van der Waals surface area contributed by atoms with Crippen molar-refractivity contribution in [2.45, 2.75) is 70.0 Å². The van der Waals surface area contributed by atoms with Gasteiger partial charge in [-0.25, -0.2) is 4.39 Å². The minimum atomic E-state index is -1.00. The molecule has 34 heavy (non-hydrogen) atoms. The van der Waals surface area contributed by atoms with E-state index in [-0.39, 0.29) is 41.0 Å². The Morgan fingerprint density at radius 3 is 2.47 bits per heavy atom. The van der Waals surface area contributed by atoms with Gasteiger partial charge in [0, 0.05) is 30.1 Å². The third-order valence-corrected chi connectivity index (χ3v) is 6.31. The molecule has 1 saturated carbocycles. The van der Waals surface area contributed by atoms with Crippen molar-refractivity contribution in [1.29, 1.82) is 0 Å². The molecule has 1 aromatic carbocycles. The van der Waals surface area contributed by atoms with E-state index in [1.165, 1.54) is 16.8 Å². The number of nitrogens with zero attached hydrogens (tertiary/aromatic N) is 1. The normalized spacial score (nSPS) is 15.4. The highest BCUT2D eigenvalue weighted by molar-refractivity contribution is 5.98. The number of carboxylic acids is 1. The van der Waals surface area contributed by atoms with Gasteiger partial charge in [0.15, 0.2) is 0 Å². The smallest absolute Gasteiger partial charge is 0.303 e. The second-order valence-corrected chi connectivity index (χ2v) is 8.93. The second-order valence-electron chi connectivity index (χ2n) is 8.93. The van der Waals surface area contributed by atoms with Crippen LogP contribution in [-0.2, 0) is 4.79 Å². The van der Waals surface area contributed by atoms with Crippen molar-refractivity contribution in [1.82, 2.24) is 9.88 Å². The van der Waals surface area contributed by atoms with Crippen molar-refractivity contribution in [2.75, 3.05) is 18.5 Å². The number of carbonyl (C=O) groups is 2. The summed E-state index contributed by atoms with van der Waals surface area (Å²) in [6.07, 6.45) is 6.36. The molecule has 1 heterocycles. The number of aromatic nitrogens is 1. The van der Waals surface area contributed by atoms with Crippen LogP contribution in [0.3, 0.4) is 0 Å². The molecule has 0 aliphatic heterocycles. The lowest BCUT2D eigenvalue weighted by molar-refractivity contribution is -0.137. The van der Waals surface area contributed by atoms with Gasteiger partial charge in [0.1, 0.15) is 11.4 Å². The van der Waals surface area contributed by atoms with E-state index in [0.717, 1.165) is 38.2 Å². The molecule has 3 rings (SSSR count). The molecule has 186 valence electrons. The number of aliphatic carboxylic acids is 1. The number of halogens is 1. The molecule has 0 radical (unpaired) electrons. The van der Waals surface area contributed by atoms with Crippen LogP contribution in [0.4, 0.5) is 10.1 Å². The Balaban J connectivity index is 2.03. The van der Waals surface area contributed by atoms with Gasteiger partial charge in [-0.15, -0.1) is 0 Å². The molecule has 0 bridgehead atoms. The van der Waals surface area contributed by atoms with Gasteiger partial charge >= 0.3 is 5.97 Å². The third-order valence-electron chi connectivity index (χ3n) is 6.31. The number of carbonyl (C=O) groups excluding carboxylic acids is 1. The quantitative estimate of drug-likeness (QED) is 0.354. The van der Waals surface area contributed by atoms with Gasteiger partial charge < -0.3 is 30.5 Å². The number of rotatable bonds is 10. The Hall–Kier alpha value is -2.98. The standard InChI is InChI=1S/C24H32FN3O6/c1-14(7-8-22(31)32)26-24(34)18-11-28(16(12-29)13-30)21-10-20(19(25)9-17(21)23(18)33)27-15-5-3-2-4-6-15/h9-11,14-16,27,29-30H,2-8,12-13H2,1H3,(H,26,34)(H,31,32)/t14-/m1/s1. The van der Waals surface area contributed by atoms with Crippen LogP contribution in [0.25, 0.3) is 10.9 Å². The number of carboxylic acid groups (broad SMARTS) is 1. The number of benzene rings is 1. The minimum absolute atomic E-state index is 0.0515. The van der Waals surface area contributed by atoms with Crippen LogP contribution in [-0.4, -0.2) is 57.1 Å². The molecule has 9 nitrogen and oxygen atoms in total. The fourth-order valence-corrected chi connectivity index (χ4v) is 4.36. The number of hydrogen-bond acceptors (Lipinski definition) is 6. The van der Waals surface area contributed by atoms with Gasteiger partial charge in [0.2, 0.25) is 5.43 Å². The molecule has 1 aliphatic carbocycles. The number of pyridine rings is 1. The number of amides is 1. The Kier molecular flexibility index (Phi) is 8.62. The zero-order valence-corrected chi connectivity index (χ0v) is 19.2. The van der Waals surface area contributed by atoms with E-state index in [0.29, 0.717) is 0 Å². The molecule has 0 spiro atoms. The van der Waals surface area contributed by atoms with Crippen molar-refractivity contribution in [3.05, 3.63) is 39.9 Å². The molecule has 1 amide bonds. The highest BCUT2D eigenvalue weighted by Gasteiger charge is 2.23. The maximum Gasteiger partial charge on any atom is 0.303 e. The molecule has 0 unspecified atom stereocenters. The van der Waals surface area contributed by atoms with E-state index in [2.05, 4.69) is 10.6 Å². The van der Waals surface area contributed by atoms with Gasteiger partial charge in [0.05, 0.1) is 30.5 Å². The topological polar surface area (TPSA) is 141 Å². The number of nitrogens with one attached hydrogen (secondary N) is 2. The van der Waals surface area contributed by atoms with Crippen molar-refractivity contribution in [3.63, 3.8) is 0 Å². The summed E-state index contributed by atoms with van der Waals surface area (Å²) in [6.45, 7) is 0.689. The van der Waals surface area contributed by atoms with Crippen LogP contribution in [0.2, 0.25) is 0 Å². The molecule has 1 aliphatic rings. The molecular formula is C24H32FN3O6. The SMILES string of the molecule is C[C@H](CCC(=O)O)NC(=O)c1cn(C(CO)CO)c2cc(NC3CCCCC3)c(F)cc2c1=O. The molecular weight excluding hydrogens is 445 g/mol. The average molecular weight is 478 g/mol. The van der Waals surface area contributed by atoms with E-state index in [9.17, 15) is 24.6 Å². The van der Waals surface area contributed by atoms with Crippen LogP contribution < -0.4 is 16.1 Å². The summed E-state index contributed by atoms with van der Waals surface area (Å²) < 4.78 is 16.4. The number of aliphatic hydroxyl groups is 2. The first-order valence-corrected chi connectivity index (χ1v) is 11.6. The summed E-state index contributed by atoms with van der Waals surface area (Å²) in [4.78, 5) is 36.7. The Morgan fingerprint density at radius 1 is 1.18 bits per heavy atom. The monoisotopic (exact) mass is 477 g/mol. The fourth-order valence-electron chi connectivity index (χ4n) is 4.36. The van der Waals surface area contributed by atoms with Crippen LogP contribution in [0.5, 0.6) is 0 Å². The summed E-state index contributed by atoms with van der Waals surface area (Å²) >= 11 is 0. The van der Waals surface area contributed by atoms with Crippen molar-refractivity contribution in [2.24, 2.45) is 0 Å². The Labute approximate surface area is 196 Å². The lowest BCUT2D eigenvalue weighted by Crippen LogP contribution is -2.36. The molecule has 1 fully saturated rings. The Morgan fingerprint density at radius 2 is 1.85 bits per heavy atom. The first-order valence-electron chi connectivity index (χ1n) is 11.6. The largest absolute Gasteiger partial charge is 0.481 e. The van der Waals surface area contributed by atoms with Gasteiger partial charge in [-0.1, -0.05) is 19.3 Å². The maximum absolute atomic E-state index is 15.0. The highest BCUT2D eigenvalue weighted by Crippen LogP contribution is 2.27. The van der Waals surface area contributed by atoms with Gasteiger partial charge in [-0.05, 0) is 38.3 Å². The van der Waals surface area contributed by atoms with E-state index in [1.807, 2.05) is 0 Å². The van der Waals surface area contributed by atoms with Crippen LogP contribution >= 0.6 is 0 Å². The number of fused-ring (bicyclic) bond motifs is 1. The van der Waals surface area contributed by atoms with Crippen LogP contribution in [0.15, 0.2) is 23.1 Å². The van der Waals surface area contributed by atoms with Gasteiger partial charge in [0.25, 0.3) is 5.91 Å². The second kappa shape index (κ2) is 11.4. The molecule has 0 saturated heterocycles. The average Bonchev–Trinajstić information content (AvgIpc) is 2.81. The summed E-state index contributed by atoms with van der Waals surface area (Å²) in [5, 5.41) is 34.1. The highest BCUT2D eigenvalue weighted by atomic mass is 19.1. The van der Waals surface area contributed by atoms with Gasteiger partial charge in [-0.3, -0.25) is 14.4 Å². The predicted molar refractivity (Wildman–Crippen MR) is 126 cm³/mol. The minimum Gasteiger partial charge on any atom is -0.481 e.